The van der Waals surface area contributed by atoms with Crippen molar-refractivity contribution in [2.75, 3.05) is 0 Å². The second-order valence-electron chi connectivity index (χ2n) is 29.0. The first-order valence-electron chi connectivity index (χ1n) is 36.5. The molecule has 6 nitrogen and oxygen atoms in total. The first-order chi connectivity index (χ1) is 46.5. The van der Waals surface area contributed by atoms with Crippen molar-refractivity contribution < 1.29 is 19.2 Å². The van der Waals surface area contributed by atoms with Crippen molar-refractivity contribution in [1.29, 1.82) is 0 Å². The highest BCUT2D eigenvalue weighted by Crippen LogP contribution is 2.51. The number of fused-ring (bicyclic) bond motifs is 2. The lowest BCUT2D eigenvalue weighted by atomic mass is 9.74. The van der Waals surface area contributed by atoms with Gasteiger partial charge >= 0.3 is 0 Å². The first kappa shape index (κ1) is 72.6. The Bertz CT molecular complexity index is 3850. The number of aromatic nitrogens is 2. The summed E-state index contributed by atoms with van der Waals surface area (Å²) in [4.78, 5) is 79.3. The number of benzene rings is 1. The van der Waals surface area contributed by atoms with Crippen molar-refractivity contribution in [3.8, 4) is 58.8 Å². The van der Waals surface area contributed by atoms with Gasteiger partial charge in [0.05, 0.1) is 41.3 Å². The Kier molecular flexibility index (Phi) is 25.8. The van der Waals surface area contributed by atoms with E-state index >= 15 is 0 Å². The van der Waals surface area contributed by atoms with E-state index in [-0.39, 0.29) is 34.0 Å². The zero-order valence-corrected chi connectivity index (χ0v) is 64.9. The number of ketones is 4. The number of thiazole rings is 2. The lowest BCUT2D eigenvalue weighted by molar-refractivity contribution is -0.128. The van der Waals surface area contributed by atoms with Gasteiger partial charge in [0.15, 0.2) is 23.1 Å². The molecule has 8 heterocycles. The summed E-state index contributed by atoms with van der Waals surface area (Å²) >= 11 is 14.6. The first-order valence-corrected chi connectivity index (χ1v) is 43.0. The molecule has 0 amide bonds. The largest absolute Gasteiger partial charge is 0.294 e. The SMILES string of the molecule is CCCCCCCCc1cc(C=C2C(=O)CC(C)(C)CC2=O)sc1-c1ccc(-c2sc(-c3nc4cc5sc(-c6cc(CCCCCCCC)c(-c7ccc(-c8sc(C=C9C(=O)CC(C)(C)CC9=O)cc8CCCCCCCC)s7)s6)nc5cc4s3)cc2CCCCCCCC)s1. The van der Waals surface area contributed by atoms with Gasteiger partial charge in [-0.3, -0.25) is 19.2 Å². The number of allylic oxidation sites excluding steroid dienone is 2. The highest BCUT2D eigenvalue weighted by atomic mass is 32.1. The predicted molar refractivity (Wildman–Crippen MR) is 423 cm³/mol. The van der Waals surface area contributed by atoms with Crippen LogP contribution in [0.15, 0.2) is 71.8 Å². The lowest BCUT2D eigenvalue weighted by Crippen LogP contribution is -2.31. The Morgan fingerprint density at radius 1 is 0.333 bits per heavy atom. The summed E-state index contributed by atoms with van der Waals surface area (Å²) in [5, 5.41) is 2.13. The fourth-order valence-electron chi connectivity index (χ4n) is 14.0. The number of unbranched alkanes of at least 4 members (excludes halogenated alkanes) is 20. The number of aryl methyl sites for hydroxylation is 4. The number of rotatable bonds is 36. The molecule has 14 heteroatoms. The molecule has 2 fully saturated rings. The van der Waals surface area contributed by atoms with Gasteiger partial charge in [-0.15, -0.1) is 90.7 Å². The highest BCUT2D eigenvalue weighted by Gasteiger charge is 2.37. The molecular weight excluding hydrogens is 1330 g/mol. The molecule has 11 rings (SSSR count). The van der Waals surface area contributed by atoms with Crippen LogP contribution in [-0.4, -0.2) is 33.1 Å². The molecule has 0 radical (unpaired) electrons. The van der Waals surface area contributed by atoms with Crippen LogP contribution in [0.2, 0.25) is 0 Å². The van der Waals surface area contributed by atoms with Gasteiger partial charge in [-0.2, -0.15) is 0 Å². The molecular formula is C82H100N2O4S8. The fraction of sp³-hybridized carbons (Fsp3) is 0.512. The molecule has 2 aliphatic rings. The molecule has 510 valence electrons. The molecule has 0 bridgehead atoms. The van der Waals surface area contributed by atoms with E-state index in [1.54, 1.807) is 45.3 Å². The number of carbonyl (C=O) groups excluding carboxylic acids is 4. The summed E-state index contributed by atoms with van der Waals surface area (Å²) in [6.07, 6.45) is 39.4. The van der Waals surface area contributed by atoms with Crippen molar-refractivity contribution in [1.82, 2.24) is 9.97 Å². The minimum atomic E-state index is -0.295. The third kappa shape index (κ3) is 18.7. The van der Waals surface area contributed by atoms with Crippen molar-refractivity contribution in [2.45, 2.75) is 261 Å². The van der Waals surface area contributed by atoms with Crippen LogP contribution in [-0.2, 0) is 44.9 Å². The normalized spacial score (nSPS) is 15.0. The number of hydrogen-bond donors (Lipinski definition) is 0. The maximum absolute atomic E-state index is 13.4. The molecule has 96 heavy (non-hydrogen) atoms. The van der Waals surface area contributed by atoms with Gasteiger partial charge in [0, 0.05) is 74.5 Å². The fourth-order valence-corrected chi connectivity index (χ4v) is 23.3. The Morgan fingerprint density at radius 3 is 0.927 bits per heavy atom. The van der Waals surface area contributed by atoms with Gasteiger partial charge in [0.1, 0.15) is 10.0 Å². The number of nitrogens with zero attached hydrogens (tertiary/aromatic N) is 2. The van der Waals surface area contributed by atoms with Crippen LogP contribution in [0.25, 0.3) is 91.4 Å². The Balaban J connectivity index is 0.874. The van der Waals surface area contributed by atoms with Crippen LogP contribution in [0, 0.1) is 10.8 Å². The zero-order chi connectivity index (χ0) is 67.3. The van der Waals surface area contributed by atoms with E-state index in [0.29, 0.717) is 36.8 Å². The Hall–Kier alpha value is -4.64. The molecule has 9 aromatic rings. The zero-order valence-electron chi connectivity index (χ0n) is 58.3. The predicted octanol–water partition coefficient (Wildman–Crippen LogP) is 27.6. The molecule has 8 aromatic heterocycles. The van der Waals surface area contributed by atoms with Crippen LogP contribution >= 0.6 is 90.7 Å². The summed E-state index contributed by atoms with van der Waals surface area (Å²) in [6, 6.07) is 23.3. The van der Waals surface area contributed by atoms with E-state index in [1.807, 2.05) is 85.2 Å². The van der Waals surface area contributed by atoms with Gasteiger partial charge < -0.3 is 0 Å². The standard InChI is InChI=1S/C82H100N2O4S8/c1-9-13-17-21-25-29-33-53-41-57(45-59-63(85)49-81(5,6)50-64(59)86)89-75(53)67-37-39-69(91-67)77-55(35-31-27-23-19-15-11-3)43-73(93-77)79-83-61-47-72-62(48-71(61)95-79)84-80(96-72)74-44-56(36-32-28-24-20-16-12-4)78(94-74)70-40-38-68(92-70)76-54(34-30-26-22-18-14-10-2)42-58(90-76)46-60-65(87)51-82(7,8)52-66(60)88/h37-48H,9-36,49-52H2,1-8H3. The molecule has 0 aliphatic heterocycles. The van der Waals surface area contributed by atoms with Crippen LogP contribution in [0.1, 0.15) is 267 Å². The van der Waals surface area contributed by atoms with Gasteiger partial charge in [-0.05, 0) is 157 Å². The summed E-state index contributed by atoms with van der Waals surface area (Å²) in [7, 11) is 0. The second-order valence-corrected chi connectivity index (χ2v) is 37.5. The maximum atomic E-state index is 13.4. The van der Waals surface area contributed by atoms with Crippen LogP contribution < -0.4 is 0 Å². The van der Waals surface area contributed by atoms with Gasteiger partial charge in [0.2, 0.25) is 0 Å². The molecule has 0 N–H and O–H groups in total. The lowest BCUT2D eigenvalue weighted by Gasteiger charge is -2.28. The highest BCUT2D eigenvalue weighted by molar-refractivity contribution is 7.31. The monoisotopic (exact) mass is 1430 g/mol. The minimum absolute atomic E-state index is 0.0263. The molecule has 0 spiro atoms. The molecule has 0 atom stereocenters. The van der Waals surface area contributed by atoms with E-state index in [9.17, 15) is 19.2 Å². The van der Waals surface area contributed by atoms with E-state index in [1.165, 1.54) is 212 Å². The molecule has 0 unspecified atom stereocenters. The number of carbonyl (C=O) groups is 4. The average Bonchev–Trinajstić information content (AvgIpc) is 1.64. The summed E-state index contributed by atoms with van der Waals surface area (Å²) in [6.45, 7) is 17.2. The summed E-state index contributed by atoms with van der Waals surface area (Å²) < 4.78 is 2.32. The smallest absolute Gasteiger partial charge is 0.167 e. The number of Topliss-reactive ketones (excluding diaryl/α,β-unsaturated/α-hetero) is 4. The van der Waals surface area contributed by atoms with Gasteiger partial charge in [0.25, 0.3) is 0 Å². The Morgan fingerprint density at radius 2 is 0.615 bits per heavy atom. The van der Waals surface area contributed by atoms with Gasteiger partial charge in [-0.25, -0.2) is 9.97 Å². The third-order valence-corrected chi connectivity index (χ3v) is 29.1. The van der Waals surface area contributed by atoms with Crippen molar-refractivity contribution in [3.05, 3.63) is 104 Å². The van der Waals surface area contributed by atoms with Crippen molar-refractivity contribution >= 4 is 146 Å². The minimum Gasteiger partial charge on any atom is -0.294 e. The molecule has 1 aromatic carbocycles. The number of thiophene rings is 6. The number of hydrogen-bond acceptors (Lipinski definition) is 14. The summed E-state index contributed by atoms with van der Waals surface area (Å²) in [5.74, 6) is -0.105. The molecule has 2 saturated carbocycles. The van der Waals surface area contributed by atoms with Crippen LogP contribution in [0.4, 0.5) is 0 Å². The van der Waals surface area contributed by atoms with E-state index < -0.39 is 0 Å². The summed E-state index contributed by atoms with van der Waals surface area (Å²) in [5.41, 5.74) is 7.69. The maximum Gasteiger partial charge on any atom is 0.167 e. The molecule has 0 saturated heterocycles. The van der Waals surface area contributed by atoms with Crippen LogP contribution in [0.3, 0.4) is 0 Å². The Labute approximate surface area is 604 Å². The molecule has 2 aliphatic carbocycles. The second kappa shape index (κ2) is 34.1. The van der Waals surface area contributed by atoms with E-state index in [2.05, 4.69) is 88.4 Å². The quantitative estimate of drug-likeness (QED) is 0.0221. The topological polar surface area (TPSA) is 94.1 Å². The van der Waals surface area contributed by atoms with Gasteiger partial charge in [-0.1, -0.05) is 184 Å². The third-order valence-electron chi connectivity index (χ3n) is 19.2. The van der Waals surface area contributed by atoms with E-state index in [4.69, 9.17) is 9.97 Å². The van der Waals surface area contributed by atoms with Crippen molar-refractivity contribution in [2.24, 2.45) is 10.8 Å². The van der Waals surface area contributed by atoms with E-state index in [0.717, 1.165) is 78.7 Å². The van der Waals surface area contributed by atoms with Crippen molar-refractivity contribution in [3.63, 3.8) is 0 Å². The average molecular weight is 1430 g/mol. The van der Waals surface area contributed by atoms with Crippen LogP contribution in [0.5, 0.6) is 0 Å².